The molecule has 0 unspecified atom stereocenters. The van der Waals surface area contributed by atoms with E-state index in [2.05, 4.69) is 10.6 Å². The Morgan fingerprint density at radius 3 is 2.21 bits per heavy atom. The van der Waals surface area contributed by atoms with Gasteiger partial charge in [0.2, 0.25) is 0 Å². The number of fused-ring (bicyclic) bond motifs is 1. The van der Waals surface area contributed by atoms with Crippen molar-refractivity contribution in [3.63, 3.8) is 0 Å². The van der Waals surface area contributed by atoms with Crippen molar-refractivity contribution in [1.29, 1.82) is 0 Å². The first-order chi connectivity index (χ1) is 18.4. The van der Waals surface area contributed by atoms with Gasteiger partial charge in [-0.1, -0.05) is 36.4 Å². The van der Waals surface area contributed by atoms with E-state index in [4.69, 9.17) is 4.74 Å². The Kier molecular flexibility index (Phi) is 7.48. The predicted molar refractivity (Wildman–Crippen MR) is 152 cm³/mol. The Balaban J connectivity index is 1.51. The second kappa shape index (κ2) is 11.1. The van der Waals surface area contributed by atoms with Crippen molar-refractivity contribution in [2.24, 2.45) is 0 Å². The number of nitrogens with one attached hydrogen (secondary N) is 2. The summed E-state index contributed by atoms with van der Waals surface area (Å²) in [5.74, 6) is -0.636. The highest BCUT2D eigenvalue weighted by Gasteiger charge is 2.43. The molecule has 38 heavy (non-hydrogen) atoms. The van der Waals surface area contributed by atoms with Crippen LogP contribution in [-0.2, 0) is 9.53 Å². The third kappa shape index (κ3) is 5.58. The molecule has 2 atom stereocenters. The largest absolute Gasteiger partial charge is 0.434 e. The number of carbonyl (C=O) groups is 3. The second-order valence-electron chi connectivity index (χ2n) is 8.86. The van der Waals surface area contributed by atoms with E-state index in [1.165, 1.54) is 23.1 Å². The number of hydrogen-bond donors (Lipinski definition) is 2. The maximum Gasteiger partial charge on any atom is 0.412 e. The van der Waals surface area contributed by atoms with Gasteiger partial charge >= 0.3 is 12.1 Å². The number of amides is 4. The minimum absolute atomic E-state index is 0.429. The van der Waals surface area contributed by atoms with Crippen LogP contribution in [0.1, 0.15) is 21.9 Å². The molecule has 2 N–H and O–H groups in total. The molecule has 2 heterocycles. The number of anilines is 3. The van der Waals surface area contributed by atoms with E-state index in [1.807, 2.05) is 73.1 Å². The van der Waals surface area contributed by atoms with Crippen LogP contribution >= 0.6 is 23.1 Å². The molecule has 7 nitrogen and oxygen atoms in total. The molecule has 0 saturated heterocycles. The Morgan fingerprint density at radius 2 is 1.55 bits per heavy atom. The summed E-state index contributed by atoms with van der Waals surface area (Å²) < 4.78 is 5.81. The third-order valence-electron chi connectivity index (χ3n) is 5.94. The summed E-state index contributed by atoms with van der Waals surface area (Å²) in [7, 11) is 0. The summed E-state index contributed by atoms with van der Waals surface area (Å²) in [6, 6.07) is 23.1. The molecule has 0 fully saturated rings. The lowest BCUT2D eigenvalue weighted by atomic mass is 10.1. The van der Waals surface area contributed by atoms with Crippen LogP contribution in [0.4, 0.5) is 26.7 Å². The monoisotopic (exact) mass is 543 g/mol. The molecule has 192 valence electrons. The number of carbonyl (C=O) groups excluding carboxylic acids is 3. The molecule has 1 aromatic heterocycles. The van der Waals surface area contributed by atoms with Crippen molar-refractivity contribution in [3.8, 4) is 0 Å². The highest BCUT2D eigenvalue weighted by molar-refractivity contribution is 7.99. The molecule has 5 rings (SSSR count). The zero-order chi connectivity index (χ0) is 26.6. The fourth-order valence-electron chi connectivity index (χ4n) is 4.20. The van der Waals surface area contributed by atoms with Gasteiger partial charge in [-0.3, -0.25) is 10.1 Å². The average molecular weight is 544 g/mol. The molecule has 0 saturated carbocycles. The van der Waals surface area contributed by atoms with Crippen LogP contribution < -0.4 is 15.5 Å². The minimum Gasteiger partial charge on any atom is -0.434 e. The molecule has 9 heteroatoms. The molecule has 4 amide bonds. The predicted octanol–water partition coefficient (Wildman–Crippen LogP) is 7.39. The first-order valence-electron chi connectivity index (χ1n) is 11.9. The average Bonchev–Trinajstić information content (AvgIpc) is 3.38. The van der Waals surface area contributed by atoms with Crippen LogP contribution in [0.5, 0.6) is 0 Å². The number of aryl methyl sites for hydroxylation is 2. The lowest BCUT2D eigenvalue weighted by molar-refractivity contribution is -0.125. The highest BCUT2D eigenvalue weighted by Crippen LogP contribution is 2.47. The van der Waals surface area contributed by atoms with Crippen LogP contribution in [0, 0.1) is 13.8 Å². The summed E-state index contributed by atoms with van der Waals surface area (Å²) in [5, 5.41) is 8.80. The number of benzene rings is 3. The minimum atomic E-state index is -1.27. The first kappa shape index (κ1) is 25.6. The maximum absolute atomic E-state index is 14.1. The van der Waals surface area contributed by atoms with E-state index < -0.39 is 29.4 Å². The van der Waals surface area contributed by atoms with Gasteiger partial charge in [0.1, 0.15) is 0 Å². The van der Waals surface area contributed by atoms with E-state index in [1.54, 1.807) is 30.3 Å². The van der Waals surface area contributed by atoms with Gasteiger partial charge < -0.3 is 10.1 Å². The normalized spacial score (nSPS) is 16.8. The van der Waals surface area contributed by atoms with E-state index in [0.29, 0.717) is 17.1 Å². The number of para-hydroxylation sites is 1. The Hall–Kier alpha value is -4.08. The standard InChI is InChI=1S/C29H25N3O4S2/c1-18-7-5-9-21(15-18)30-28(34)32-23-11-3-4-12-24(23)38-26(20-13-14-37-17-20)25(27(32)33)36-29(35)31-22-10-6-8-19(2)16-22/h3-17,25-26H,1-2H3,(H,30,34)(H,31,35)/t25-,26+/m1/s1. The van der Waals surface area contributed by atoms with Crippen molar-refractivity contribution in [2.75, 3.05) is 15.5 Å². The van der Waals surface area contributed by atoms with Crippen LogP contribution in [0.25, 0.3) is 0 Å². The number of imide groups is 1. The third-order valence-corrected chi connectivity index (χ3v) is 8.02. The molecular weight excluding hydrogens is 518 g/mol. The molecule has 0 radical (unpaired) electrons. The molecule has 0 bridgehead atoms. The first-order valence-corrected chi connectivity index (χ1v) is 13.7. The number of hydrogen-bond acceptors (Lipinski definition) is 6. The SMILES string of the molecule is Cc1cccc(NC(=O)O[C@H]2C(=O)N(C(=O)Nc3cccc(C)c3)c3ccccc3S[C@H]2c2ccsc2)c1. The molecule has 0 aliphatic carbocycles. The van der Waals surface area contributed by atoms with Crippen molar-refractivity contribution in [1.82, 2.24) is 0 Å². The van der Waals surface area contributed by atoms with Crippen LogP contribution in [0.15, 0.2) is 94.5 Å². The van der Waals surface area contributed by atoms with Crippen molar-refractivity contribution >= 4 is 58.2 Å². The van der Waals surface area contributed by atoms with Gasteiger partial charge in [0.15, 0.2) is 6.10 Å². The van der Waals surface area contributed by atoms with Crippen LogP contribution in [0.2, 0.25) is 0 Å². The van der Waals surface area contributed by atoms with E-state index >= 15 is 0 Å². The number of thioether (sulfide) groups is 1. The maximum atomic E-state index is 14.1. The number of rotatable bonds is 4. The van der Waals surface area contributed by atoms with Gasteiger partial charge in [0.05, 0.1) is 10.9 Å². The van der Waals surface area contributed by atoms with Crippen molar-refractivity contribution < 1.29 is 19.1 Å². The van der Waals surface area contributed by atoms with Crippen LogP contribution in [-0.4, -0.2) is 24.1 Å². The molecular formula is C29H25N3O4S2. The quantitative estimate of drug-likeness (QED) is 0.280. The Morgan fingerprint density at radius 1 is 0.868 bits per heavy atom. The van der Waals surface area contributed by atoms with E-state index in [-0.39, 0.29) is 0 Å². The molecule has 1 aliphatic rings. The molecule has 0 spiro atoms. The zero-order valence-electron chi connectivity index (χ0n) is 20.7. The Labute approximate surface area is 228 Å². The van der Waals surface area contributed by atoms with E-state index in [9.17, 15) is 14.4 Å². The molecule has 3 aromatic carbocycles. The van der Waals surface area contributed by atoms with Crippen LogP contribution in [0.3, 0.4) is 0 Å². The Bertz CT molecular complexity index is 1490. The fraction of sp³-hybridized carbons (Fsp3) is 0.138. The number of ether oxygens (including phenoxy) is 1. The summed E-state index contributed by atoms with van der Waals surface area (Å²) in [6.45, 7) is 3.83. The lowest BCUT2D eigenvalue weighted by Crippen LogP contribution is -2.48. The topological polar surface area (TPSA) is 87.7 Å². The smallest absolute Gasteiger partial charge is 0.412 e. The van der Waals surface area contributed by atoms with Gasteiger partial charge in [0.25, 0.3) is 5.91 Å². The van der Waals surface area contributed by atoms with Gasteiger partial charge in [-0.15, -0.1) is 11.8 Å². The lowest BCUT2D eigenvalue weighted by Gasteiger charge is -2.26. The van der Waals surface area contributed by atoms with Crippen molar-refractivity contribution in [3.05, 3.63) is 106 Å². The second-order valence-corrected chi connectivity index (χ2v) is 10.8. The van der Waals surface area contributed by atoms with Gasteiger partial charge in [-0.05, 0) is 83.8 Å². The zero-order valence-corrected chi connectivity index (χ0v) is 22.3. The molecule has 4 aromatic rings. The fourth-order valence-corrected chi connectivity index (χ4v) is 6.28. The van der Waals surface area contributed by atoms with Gasteiger partial charge in [-0.25, -0.2) is 14.5 Å². The summed E-state index contributed by atoms with van der Waals surface area (Å²) in [4.78, 5) is 42.5. The summed E-state index contributed by atoms with van der Waals surface area (Å²) in [5.41, 5.74) is 4.30. The summed E-state index contributed by atoms with van der Waals surface area (Å²) in [6.07, 6.45) is -2.05. The molecule has 1 aliphatic heterocycles. The number of thiophene rings is 1. The number of nitrogens with zero attached hydrogens (tertiary/aromatic N) is 1. The van der Waals surface area contributed by atoms with E-state index in [0.717, 1.165) is 26.5 Å². The van der Waals surface area contributed by atoms with Gasteiger partial charge in [0, 0.05) is 16.3 Å². The van der Waals surface area contributed by atoms with Crippen molar-refractivity contribution in [2.45, 2.75) is 30.1 Å². The van der Waals surface area contributed by atoms with Gasteiger partial charge in [-0.2, -0.15) is 11.3 Å². The highest BCUT2D eigenvalue weighted by atomic mass is 32.2. The number of urea groups is 1. The summed E-state index contributed by atoms with van der Waals surface area (Å²) >= 11 is 2.87.